The Morgan fingerprint density at radius 1 is 1.12 bits per heavy atom. The van der Waals surface area contributed by atoms with E-state index in [9.17, 15) is 4.79 Å². The van der Waals surface area contributed by atoms with Crippen molar-refractivity contribution in [1.29, 1.82) is 0 Å². The highest BCUT2D eigenvalue weighted by Gasteiger charge is 2.25. The lowest BCUT2D eigenvalue weighted by Gasteiger charge is -2.28. The van der Waals surface area contributed by atoms with Gasteiger partial charge in [0.2, 0.25) is 5.91 Å². The van der Waals surface area contributed by atoms with Gasteiger partial charge in [0.1, 0.15) is 6.04 Å². The molecule has 3 atom stereocenters. The number of rotatable bonds is 7. The standard InChI is InChI=1S/C19H28N4O/c1-13(2)21-19(24)18(17-9-7-6-8-10-17)22-15(4)16(5)23-12-14(3)11-20-23/h6-13,15-16,18,22H,1-5H3,(H,21,24)/t15-,16+,18-/m0/s1. The van der Waals surface area contributed by atoms with Crippen LogP contribution in [0.5, 0.6) is 0 Å². The van der Waals surface area contributed by atoms with E-state index in [0.29, 0.717) is 0 Å². The number of carbonyl (C=O) groups is 1. The van der Waals surface area contributed by atoms with Crippen molar-refractivity contribution >= 4 is 5.91 Å². The van der Waals surface area contributed by atoms with Crippen molar-refractivity contribution < 1.29 is 4.79 Å². The number of aryl methyl sites for hydroxylation is 1. The maximum atomic E-state index is 12.7. The average Bonchev–Trinajstić information content (AvgIpc) is 2.98. The van der Waals surface area contributed by atoms with Crippen LogP contribution in [-0.4, -0.2) is 27.8 Å². The molecule has 0 unspecified atom stereocenters. The number of carbonyl (C=O) groups excluding carboxylic acids is 1. The van der Waals surface area contributed by atoms with E-state index < -0.39 is 0 Å². The summed E-state index contributed by atoms with van der Waals surface area (Å²) in [6.45, 7) is 10.2. The van der Waals surface area contributed by atoms with Gasteiger partial charge in [0, 0.05) is 18.3 Å². The maximum absolute atomic E-state index is 12.7. The lowest BCUT2D eigenvalue weighted by Crippen LogP contribution is -2.45. The van der Waals surface area contributed by atoms with Crippen LogP contribution in [0.3, 0.4) is 0 Å². The fraction of sp³-hybridized carbons (Fsp3) is 0.474. The van der Waals surface area contributed by atoms with Crippen LogP contribution in [0.2, 0.25) is 0 Å². The van der Waals surface area contributed by atoms with Crippen LogP contribution in [0.1, 0.15) is 50.9 Å². The van der Waals surface area contributed by atoms with E-state index >= 15 is 0 Å². The molecule has 0 bridgehead atoms. The van der Waals surface area contributed by atoms with Crippen LogP contribution < -0.4 is 10.6 Å². The molecule has 1 amide bonds. The monoisotopic (exact) mass is 328 g/mol. The van der Waals surface area contributed by atoms with Gasteiger partial charge >= 0.3 is 0 Å². The van der Waals surface area contributed by atoms with Crippen LogP contribution in [0.4, 0.5) is 0 Å². The highest BCUT2D eigenvalue weighted by molar-refractivity contribution is 5.83. The third-order valence-corrected chi connectivity index (χ3v) is 4.13. The summed E-state index contributed by atoms with van der Waals surface area (Å²) >= 11 is 0. The highest BCUT2D eigenvalue weighted by atomic mass is 16.2. The Bertz CT molecular complexity index is 650. The fourth-order valence-corrected chi connectivity index (χ4v) is 2.62. The van der Waals surface area contributed by atoms with Crippen LogP contribution >= 0.6 is 0 Å². The van der Waals surface area contributed by atoms with Crippen LogP contribution in [0.15, 0.2) is 42.7 Å². The van der Waals surface area contributed by atoms with Gasteiger partial charge in [-0.1, -0.05) is 30.3 Å². The molecule has 0 fully saturated rings. The number of nitrogens with zero attached hydrogens (tertiary/aromatic N) is 2. The van der Waals surface area contributed by atoms with E-state index in [1.54, 1.807) is 0 Å². The Balaban J connectivity index is 2.16. The average molecular weight is 328 g/mol. The van der Waals surface area contributed by atoms with Crippen molar-refractivity contribution in [2.75, 3.05) is 0 Å². The van der Waals surface area contributed by atoms with Crippen molar-refractivity contribution in [3.63, 3.8) is 0 Å². The van der Waals surface area contributed by atoms with Gasteiger partial charge in [0.15, 0.2) is 0 Å². The van der Waals surface area contributed by atoms with E-state index in [0.717, 1.165) is 11.1 Å². The normalized spacial score (nSPS) is 15.1. The second kappa shape index (κ2) is 8.11. The molecule has 0 radical (unpaired) electrons. The largest absolute Gasteiger partial charge is 0.352 e. The molecule has 0 saturated heterocycles. The quantitative estimate of drug-likeness (QED) is 0.821. The topological polar surface area (TPSA) is 59.0 Å². The van der Waals surface area contributed by atoms with Gasteiger partial charge in [-0.3, -0.25) is 14.8 Å². The fourth-order valence-electron chi connectivity index (χ4n) is 2.62. The van der Waals surface area contributed by atoms with Crippen molar-refractivity contribution in [2.24, 2.45) is 0 Å². The first kappa shape index (κ1) is 18.2. The van der Waals surface area contributed by atoms with E-state index in [2.05, 4.69) is 29.6 Å². The Morgan fingerprint density at radius 3 is 2.33 bits per heavy atom. The minimum absolute atomic E-state index is 0.00750. The van der Waals surface area contributed by atoms with Gasteiger partial charge < -0.3 is 5.32 Å². The van der Waals surface area contributed by atoms with Crippen molar-refractivity contribution in [3.8, 4) is 0 Å². The lowest BCUT2D eigenvalue weighted by molar-refractivity contribution is -0.124. The van der Waals surface area contributed by atoms with Crippen molar-refractivity contribution in [1.82, 2.24) is 20.4 Å². The van der Waals surface area contributed by atoms with E-state index in [1.807, 2.05) is 68.2 Å². The molecule has 0 spiro atoms. The molecule has 1 aromatic heterocycles. The minimum atomic E-state index is -0.386. The Hall–Kier alpha value is -2.14. The molecule has 0 aliphatic carbocycles. The zero-order valence-electron chi connectivity index (χ0n) is 15.2. The molecule has 0 aliphatic heterocycles. The molecule has 1 aromatic carbocycles. The lowest BCUT2D eigenvalue weighted by atomic mass is 10.0. The first-order chi connectivity index (χ1) is 11.4. The molecule has 1 heterocycles. The highest BCUT2D eigenvalue weighted by Crippen LogP contribution is 2.18. The van der Waals surface area contributed by atoms with Crippen LogP contribution in [0, 0.1) is 6.92 Å². The van der Waals surface area contributed by atoms with E-state index in [-0.39, 0.29) is 30.1 Å². The number of nitrogens with one attached hydrogen (secondary N) is 2. The predicted octanol–water partition coefficient (Wildman–Crippen LogP) is 3.00. The Morgan fingerprint density at radius 2 is 1.79 bits per heavy atom. The first-order valence-electron chi connectivity index (χ1n) is 8.50. The van der Waals surface area contributed by atoms with Crippen molar-refractivity contribution in [3.05, 3.63) is 53.9 Å². The number of hydrogen-bond acceptors (Lipinski definition) is 3. The van der Waals surface area contributed by atoms with Crippen molar-refractivity contribution in [2.45, 2.75) is 58.8 Å². The summed E-state index contributed by atoms with van der Waals surface area (Å²) in [4.78, 5) is 12.7. The van der Waals surface area contributed by atoms with Gasteiger partial charge in [0.05, 0.1) is 12.2 Å². The first-order valence-corrected chi connectivity index (χ1v) is 8.50. The SMILES string of the molecule is Cc1cnn([C@H](C)[C@H](C)N[C@H](C(=O)NC(C)C)c2ccccc2)c1. The van der Waals surface area contributed by atoms with Gasteiger partial charge in [-0.05, 0) is 45.7 Å². The molecule has 2 rings (SSSR count). The van der Waals surface area contributed by atoms with Gasteiger partial charge in [0.25, 0.3) is 0 Å². The number of hydrogen-bond donors (Lipinski definition) is 2. The van der Waals surface area contributed by atoms with Crippen LogP contribution in [0.25, 0.3) is 0 Å². The minimum Gasteiger partial charge on any atom is -0.352 e. The maximum Gasteiger partial charge on any atom is 0.241 e. The Kier molecular flexibility index (Phi) is 6.15. The molecule has 130 valence electrons. The number of amides is 1. The summed E-state index contributed by atoms with van der Waals surface area (Å²) in [5.41, 5.74) is 2.09. The second-order valence-electron chi connectivity index (χ2n) is 6.70. The third kappa shape index (κ3) is 4.68. The summed E-state index contributed by atoms with van der Waals surface area (Å²) in [6, 6.07) is 9.76. The molecular weight excluding hydrogens is 300 g/mol. The molecule has 24 heavy (non-hydrogen) atoms. The summed E-state index contributed by atoms with van der Waals surface area (Å²) in [6.07, 6.45) is 3.87. The Labute approximate surface area is 144 Å². The van der Waals surface area contributed by atoms with Gasteiger partial charge in [-0.25, -0.2) is 0 Å². The van der Waals surface area contributed by atoms with Crippen LogP contribution in [-0.2, 0) is 4.79 Å². The summed E-state index contributed by atoms with van der Waals surface area (Å²) < 4.78 is 1.94. The number of benzene rings is 1. The van der Waals surface area contributed by atoms with E-state index in [4.69, 9.17) is 0 Å². The van der Waals surface area contributed by atoms with Gasteiger partial charge in [-0.2, -0.15) is 5.10 Å². The number of aromatic nitrogens is 2. The summed E-state index contributed by atoms with van der Waals surface area (Å²) in [5, 5.41) is 10.9. The molecular formula is C19H28N4O. The second-order valence-corrected chi connectivity index (χ2v) is 6.70. The summed E-state index contributed by atoms with van der Waals surface area (Å²) in [5.74, 6) is -0.00750. The van der Waals surface area contributed by atoms with E-state index in [1.165, 1.54) is 0 Å². The smallest absolute Gasteiger partial charge is 0.241 e. The zero-order chi connectivity index (χ0) is 17.7. The van der Waals surface area contributed by atoms with Gasteiger partial charge in [-0.15, -0.1) is 0 Å². The molecule has 2 N–H and O–H groups in total. The molecule has 5 nitrogen and oxygen atoms in total. The molecule has 0 aliphatic rings. The summed E-state index contributed by atoms with van der Waals surface area (Å²) in [7, 11) is 0. The molecule has 2 aromatic rings. The molecule has 0 saturated carbocycles. The molecule has 5 heteroatoms. The third-order valence-electron chi connectivity index (χ3n) is 4.13. The predicted molar refractivity (Wildman–Crippen MR) is 96.7 cm³/mol. The zero-order valence-corrected chi connectivity index (χ0v) is 15.2.